The molecule has 0 saturated carbocycles. The number of alkyl halides is 3. The normalized spacial score (nSPS) is 17.3. The van der Waals surface area contributed by atoms with Gasteiger partial charge in [0.2, 0.25) is 0 Å². The van der Waals surface area contributed by atoms with Gasteiger partial charge in [-0.15, -0.1) is 0 Å². The molecule has 0 spiro atoms. The Labute approximate surface area is 257 Å². The predicted molar refractivity (Wildman–Crippen MR) is 165 cm³/mol. The summed E-state index contributed by atoms with van der Waals surface area (Å²) in [7, 11) is 0. The molecule has 2 aliphatic rings. The summed E-state index contributed by atoms with van der Waals surface area (Å²) in [6, 6.07) is 21.3. The van der Waals surface area contributed by atoms with Crippen molar-refractivity contribution in [2.24, 2.45) is 5.92 Å². The Morgan fingerprint density at radius 2 is 1.60 bits per heavy atom. The van der Waals surface area contributed by atoms with Crippen LogP contribution in [0.15, 0.2) is 89.7 Å². The molecule has 3 heterocycles. The minimum Gasteiger partial charge on any atom is -0.494 e. The first-order valence-electron chi connectivity index (χ1n) is 14.7. The molecule has 8 nitrogen and oxygen atoms in total. The van der Waals surface area contributed by atoms with Gasteiger partial charge in [-0.3, -0.25) is 14.4 Å². The van der Waals surface area contributed by atoms with Crippen LogP contribution in [0.25, 0.3) is 0 Å². The van der Waals surface area contributed by atoms with Crippen LogP contribution in [0.5, 0.6) is 5.75 Å². The van der Waals surface area contributed by atoms with Gasteiger partial charge >= 0.3 is 6.18 Å². The SMILES string of the molecule is CCOc1ccc(NC(=O)c2ccc(N3C[C@H]4C[C@@H](C3)c3cccc(=O)n3C4)c(NC(=O)c3cccc(C(F)(F)F)c3)c2)cc1. The van der Waals surface area contributed by atoms with Gasteiger partial charge in [0.25, 0.3) is 17.4 Å². The van der Waals surface area contributed by atoms with Crippen LogP contribution in [0.4, 0.5) is 30.2 Å². The highest BCUT2D eigenvalue weighted by Crippen LogP contribution is 2.39. The quantitative estimate of drug-likeness (QED) is 0.251. The Bertz CT molecular complexity index is 1800. The molecule has 1 aromatic heterocycles. The lowest BCUT2D eigenvalue weighted by Crippen LogP contribution is -2.47. The second-order valence-electron chi connectivity index (χ2n) is 11.3. The third-order valence-electron chi connectivity index (χ3n) is 8.20. The molecule has 3 aromatic carbocycles. The molecule has 232 valence electrons. The molecule has 0 radical (unpaired) electrons. The number of carbonyl (C=O) groups excluding carboxylic acids is 2. The molecular formula is C34H31F3N4O4. The number of rotatable bonds is 7. The van der Waals surface area contributed by atoms with E-state index < -0.39 is 23.6 Å². The van der Waals surface area contributed by atoms with Gasteiger partial charge in [-0.05, 0) is 86.0 Å². The number of hydrogen-bond acceptors (Lipinski definition) is 5. The number of carbonyl (C=O) groups is 2. The molecule has 0 aliphatic carbocycles. The Balaban J connectivity index is 1.31. The smallest absolute Gasteiger partial charge is 0.416 e. The van der Waals surface area contributed by atoms with E-state index in [1.165, 1.54) is 18.2 Å². The number of pyridine rings is 1. The molecule has 2 amide bonds. The van der Waals surface area contributed by atoms with Crippen molar-refractivity contribution in [1.29, 1.82) is 0 Å². The molecule has 4 aromatic rings. The third kappa shape index (κ3) is 6.43. The number of benzene rings is 3. The number of fused-ring (bicyclic) bond motifs is 4. The lowest BCUT2D eigenvalue weighted by molar-refractivity contribution is -0.137. The first kappa shape index (κ1) is 30.0. The molecular weight excluding hydrogens is 585 g/mol. The van der Waals surface area contributed by atoms with Crippen LogP contribution in [0.1, 0.15) is 51.2 Å². The summed E-state index contributed by atoms with van der Waals surface area (Å²) in [6.07, 6.45) is -3.70. The number of aromatic nitrogens is 1. The summed E-state index contributed by atoms with van der Waals surface area (Å²) in [6.45, 7) is 4.11. The van der Waals surface area contributed by atoms with Crippen molar-refractivity contribution in [2.75, 3.05) is 35.2 Å². The standard InChI is InChI=1S/C34H31F3N4O4/c1-2-45-27-12-10-26(11-13-27)38-32(43)23-9-14-30(28(17-23)39-33(44)22-5-3-6-25(16-22)34(35,36)37)40-18-21-15-24(20-40)29-7-4-8-31(42)41(29)19-21/h3-14,16-17,21,24H,2,15,18-20H2,1H3,(H,38,43)(H,39,44)/t21-,24+/m1/s1. The van der Waals surface area contributed by atoms with Crippen molar-refractivity contribution in [2.45, 2.75) is 32.0 Å². The summed E-state index contributed by atoms with van der Waals surface area (Å²) >= 11 is 0. The van der Waals surface area contributed by atoms with Crippen LogP contribution >= 0.6 is 0 Å². The highest BCUT2D eigenvalue weighted by atomic mass is 19.4. The highest BCUT2D eigenvalue weighted by molar-refractivity contribution is 6.09. The van der Waals surface area contributed by atoms with Gasteiger partial charge in [-0.25, -0.2) is 0 Å². The van der Waals surface area contributed by atoms with E-state index in [1.54, 1.807) is 48.5 Å². The fourth-order valence-corrected chi connectivity index (χ4v) is 6.18. The maximum Gasteiger partial charge on any atom is 0.416 e. The molecule has 2 atom stereocenters. The van der Waals surface area contributed by atoms with Gasteiger partial charge in [0.15, 0.2) is 0 Å². The maximum absolute atomic E-state index is 13.4. The van der Waals surface area contributed by atoms with Crippen molar-refractivity contribution in [3.8, 4) is 5.75 Å². The second kappa shape index (κ2) is 12.1. The van der Waals surface area contributed by atoms with E-state index in [1.807, 2.05) is 17.6 Å². The average molecular weight is 617 g/mol. The number of anilines is 3. The molecule has 2 N–H and O–H groups in total. The topological polar surface area (TPSA) is 92.7 Å². The Hall–Kier alpha value is -5.06. The van der Waals surface area contributed by atoms with E-state index in [9.17, 15) is 27.6 Å². The predicted octanol–water partition coefficient (Wildman–Crippen LogP) is 6.39. The molecule has 2 aliphatic heterocycles. The first-order chi connectivity index (χ1) is 21.6. The van der Waals surface area contributed by atoms with E-state index in [0.717, 1.165) is 24.2 Å². The summed E-state index contributed by atoms with van der Waals surface area (Å²) in [4.78, 5) is 41.2. The maximum atomic E-state index is 13.4. The largest absolute Gasteiger partial charge is 0.494 e. The minimum absolute atomic E-state index is 0.0346. The summed E-state index contributed by atoms with van der Waals surface area (Å²) in [5, 5.41) is 5.61. The Morgan fingerprint density at radius 1 is 0.867 bits per heavy atom. The summed E-state index contributed by atoms with van der Waals surface area (Å²) in [5.74, 6) is -0.255. The zero-order valence-electron chi connectivity index (χ0n) is 24.4. The molecule has 1 saturated heterocycles. The van der Waals surface area contributed by atoms with Gasteiger partial charge in [0.1, 0.15) is 5.75 Å². The van der Waals surface area contributed by atoms with Gasteiger partial charge in [-0.2, -0.15) is 13.2 Å². The third-order valence-corrected chi connectivity index (χ3v) is 8.20. The number of halogens is 3. The first-order valence-corrected chi connectivity index (χ1v) is 14.7. The van der Waals surface area contributed by atoms with Gasteiger partial charge < -0.3 is 24.8 Å². The van der Waals surface area contributed by atoms with Crippen LogP contribution in [-0.4, -0.2) is 36.1 Å². The van der Waals surface area contributed by atoms with Gasteiger partial charge in [0, 0.05) is 54.1 Å². The van der Waals surface area contributed by atoms with E-state index in [4.69, 9.17) is 4.74 Å². The number of nitrogens with zero attached hydrogens (tertiary/aromatic N) is 2. The van der Waals surface area contributed by atoms with E-state index in [2.05, 4.69) is 15.5 Å². The van der Waals surface area contributed by atoms with Gasteiger partial charge in [0.05, 0.1) is 23.5 Å². The molecule has 11 heteroatoms. The van der Waals surface area contributed by atoms with E-state index in [-0.39, 0.29) is 28.5 Å². The van der Waals surface area contributed by atoms with Crippen molar-refractivity contribution in [3.63, 3.8) is 0 Å². The molecule has 2 bridgehead atoms. The zero-order chi connectivity index (χ0) is 31.7. The van der Waals surface area contributed by atoms with Crippen molar-refractivity contribution >= 4 is 28.9 Å². The Morgan fingerprint density at radius 3 is 2.36 bits per heavy atom. The van der Waals surface area contributed by atoms with Crippen molar-refractivity contribution in [1.82, 2.24) is 4.57 Å². The van der Waals surface area contributed by atoms with Crippen LogP contribution in [0, 0.1) is 5.92 Å². The Kier molecular flexibility index (Phi) is 8.09. The monoisotopic (exact) mass is 616 g/mol. The summed E-state index contributed by atoms with van der Waals surface area (Å²) in [5.41, 5.74) is 1.54. The van der Waals surface area contributed by atoms with Crippen LogP contribution < -0.4 is 25.8 Å². The highest BCUT2D eigenvalue weighted by Gasteiger charge is 2.36. The lowest BCUT2D eigenvalue weighted by atomic mass is 9.83. The molecule has 6 rings (SSSR count). The fraction of sp³-hybridized carbons (Fsp3) is 0.265. The summed E-state index contributed by atoms with van der Waals surface area (Å²) < 4.78 is 47.4. The van der Waals surface area contributed by atoms with Crippen LogP contribution in [0.3, 0.4) is 0 Å². The number of piperidine rings is 1. The molecule has 45 heavy (non-hydrogen) atoms. The van der Waals surface area contributed by atoms with Crippen molar-refractivity contribution < 1.29 is 27.5 Å². The minimum atomic E-state index is -4.61. The number of hydrogen-bond donors (Lipinski definition) is 2. The van der Waals surface area contributed by atoms with Crippen LogP contribution in [0.2, 0.25) is 0 Å². The number of amides is 2. The average Bonchev–Trinajstić information content (AvgIpc) is 3.02. The lowest BCUT2D eigenvalue weighted by Gasteiger charge is -2.44. The zero-order valence-corrected chi connectivity index (χ0v) is 24.4. The van der Waals surface area contributed by atoms with E-state index in [0.29, 0.717) is 49.1 Å². The second-order valence-corrected chi connectivity index (χ2v) is 11.3. The van der Waals surface area contributed by atoms with Crippen LogP contribution in [-0.2, 0) is 12.7 Å². The fourth-order valence-electron chi connectivity index (χ4n) is 6.18. The van der Waals surface area contributed by atoms with E-state index >= 15 is 0 Å². The molecule has 1 fully saturated rings. The molecule has 0 unspecified atom stereocenters. The number of nitrogens with one attached hydrogen (secondary N) is 2. The van der Waals surface area contributed by atoms with Crippen molar-refractivity contribution in [3.05, 3.63) is 118 Å². The van der Waals surface area contributed by atoms with Gasteiger partial charge in [-0.1, -0.05) is 12.1 Å². The number of ether oxygens (including phenoxy) is 1.